The molecular weight excluding hydrogens is 266 g/mol. The second-order valence-electron chi connectivity index (χ2n) is 5.63. The molecular formula is C15H21N5O. The highest BCUT2D eigenvalue weighted by molar-refractivity contribution is 5.16. The van der Waals surface area contributed by atoms with E-state index in [1.807, 2.05) is 36.9 Å². The largest absolute Gasteiger partial charge is 0.474 e. The molecule has 112 valence electrons. The van der Waals surface area contributed by atoms with Crippen molar-refractivity contribution in [2.75, 3.05) is 13.1 Å². The SMILES string of the molecule is Cc1ccc(OC2CCN(Cc3nncn3C)CC2)nc1. The Morgan fingerprint density at radius 2 is 2.10 bits per heavy atom. The van der Waals surface area contributed by atoms with Crippen LogP contribution >= 0.6 is 0 Å². The number of hydrogen-bond acceptors (Lipinski definition) is 5. The molecule has 21 heavy (non-hydrogen) atoms. The number of likely N-dealkylation sites (tertiary alicyclic amines) is 1. The Kier molecular flexibility index (Phi) is 4.15. The third-order valence-electron chi connectivity index (χ3n) is 3.88. The molecule has 0 radical (unpaired) electrons. The van der Waals surface area contributed by atoms with Gasteiger partial charge in [-0.3, -0.25) is 4.90 Å². The summed E-state index contributed by atoms with van der Waals surface area (Å²) in [6, 6.07) is 3.98. The van der Waals surface area contributed by atoms with Crippen molar-refractivity contribution in [3.05, 3.63) is 36.0 Å². The zero-order chi connectivity index (χ0) is 14.7. The molecule has 1 fully saturated rings. The number of hydrogen-bond donors (Lipinski definition) is 0. The van der Waals surface area contributed by atoms with E-state index in [-0.39, 0.29) is 6.10 Å². The smallest absolute Gasteiger partial charge is 0.213 e. The van der Waals surface area contributed by atoms with Gasteiger partial charge >= 0.3 is 0 Å². The van der Waals surface area contributed by atoms with Crippen molar-refractivity contribution >= 4 is 0 Å². The zero-order valence-corrected chi connectivity index (χ0v) is 12.6. The van der Waals surface area contributed by atoms with Crippen LogP contribution in [0, 0.1) is 6.92 Å². The standard InChI is InChI=1S/C15H21N5O/c1-12-3-4-15(16-9-12)21-13-5-7-20(8-6-13)10-14-18-17-11-19(14)2/h3-4,9,11,13H,5-8,10H2,1-2H3. The van der Waals surface area contributed by atoms with Gasteiger partial charge in [-0.25, -0.2) is 4.98 Å². The third kappa shape index (κ3) is 3.58. The summed E-state index contributed by atoms with van der Waals surface area (Å²) in [6.45, 7) is 4.92. The molecule has 3 rings (SSSR count). The first kappa shape index (κ1) is 14.0. The van der Waals surface area contributed by atoms with Gasteiger partial charge in [0.25, 0.3) is 0 Å². The van der Waals surface area contributed by atoms with Gasteiger partial charge in [-0.1, -0.05) is 6.07 Å². The highest BCUT2D eigenvalue weighted by atomic mass is 16.5. The van der Waals surface area contributed by atoms with Crippen molar-refractivity contribution < 1.29 is 4.74 Å². The highest BCUT2D eigenvalue weighted by Gasteiger charge is 2.21. The Hall–Kier alpha value is -1.95. The van der Waals surface area contributed by atoms with Gasteiger partial charge in [0.05, 0.1) is 6.54 Å². The number of piperidine rings is 1. The molecule has 6 nitrogen and oxygen atoms in total. The normalized spacial score (nSPS) is 17.0. The van der Waals surface area contributed by atoms with Gasteiger partial charge in [0.2, 0.25) is 5.88 Å². The van der Waals surface area contributed by atoms with E-state index < -0.39 is 0 Å². The van der Waals surface area contributed by atoms with E-state index in [1.165, 1.54) is 0 Å². The van der Waals surface area contributed by atoms with Gasteiger partial charge in [0.1, 0.15) is 18.3 Å². The van der Waals surface area contributed by atoms with Crippen molar-refractivity contribution in [3.8, 4) is 5.88 Å². The summed E-state index contributed by atoms with van der Waals surface area (Å²) in [5.41, 5.74) is 1.15. The van der Waals surface area contributed by atoms with E-state index >= 15 is 0 Å². The maximum absolute atomic E-state index is 5.95. The Morgan fingerprint density at radius 3 is 2.71 bits per heavy atom. The van der Waals surface area contributed by atoms with Gasteiger partial charge in [-0.05, 0) is 25.3 Å². The first-order valence-corrected chi connectivity index (χ1v) is 7.35. The van der Waals surface area contributed by atoms with Crippen LogP contribution in [0.2, 0.25) is 0 Å². The van der Waals surface area contributed by atoms with E-state index in [0.717, 1.165) is 49.7 Å². The Labute approximate surface area is 124 Å². The molecule has 2 aromatic heterocycles. The van der Waals surface area contributed by atoms with Crippen molar-refractivity contribution in [3.63, 3.8) is 0 Å². The predicted octanol–water partition coefficient (Wildman–Crippen LogP) is 1.56. The van der Waals surface area contributed by atoms with E-state index in [0.29, 0.717) is 0 Å². The molecule has 6 heteroatoms. The first-order chi connectivity index (χ1) is 10.2. The lowest BCUT2D eigenvalue weighted by atomic mass is 10.1. The summed E-state index contributed by atoms with van der Waals surface area (Å²) in [6.07, 6.45) is 5.89. The minimum absolute atomic E-state index is 0.260. The van der Waals surface area contributed by atoms with Crippen LogP contribution < -0.4 is 4.74 Å². The highest BCUT2D eigenvalue weighted by Crippen LogP contribution is 2.18. The fraction of sp³-hybridized carbons (Fsp3) is 0.533. The lowest BCUT2D eigenvalue weighted by Gasteiger charge is -2.31. The van der Waals surface area contributed by atoms with Crippen molar-refractivity contribution in [1.82, 2.24) is 24.6 Å². The average Bonchev–Trinajstić information content (AvgIpc) is 2.89. The number of nitrogens with zero attached hydrogens (tertiary/aromatic N) is 5. The topological polar surface area (TPSA) is 56.1 Å². The predicted molar refractivity (Wildman–Crippen MR) is 78.9 cm³/mol. The van der Waals surface area contributed by atoms with Gasteiger partial charge in [0, 0.05) is 32.4 Å². The fourth-order valence-corrected chi connectivity index (χ4v) is 2.53. The van der Waals surface area contributed by atoms with Crippen LogP contribution in [0.3, 0.4) is 0 Å². The summed E-state index contributed by atoms with van der Waals surface area (Å²) >= 11 is 0. The summed E-state index contributed by atoms with van der Waals surface area (Å²) in [4.78, 5) is 6.70. The summed E-state index contributed by atoms with van der Waals surface area (Å²) in [5, 5.41) is 8.05. The summed E-state index contributed by atoms with van der Waals surface area (Å²) in [7, 11) is 1.98. The molecule has 0 bridgehead atoms. The Balaban J connectivity index is 1.49. The van der Waals surface area contributed by atoms with Crippen molar-refractivity contribution in [1.29, 1.82) is 0 Å². The summed E-state index contributed by atoms with van der Waals surface area (Å²) < 4.78 is 7.92. The minimum Gasteiger partial charge on any atom is -0.474 e. The molecule has 0 saturated carbocycles. The Bertz CT molecular complexity index is 572. The fourth-order valence-electron chi connectivity index (χ4n) is 2.53. The maximum atomic E-state index is 5.95. The van der Waals surface area contributed by atoms with Crippen LogP contribution in [0.25, 0.3) is 0 Å². The number of aryl methyl sites for hydroxylation is 2. The first-order valence-electron chi connectivity index (χ1n) is 7.35. The molecule has 0 N–H and O–H groups in total. The third-order valence-corrected chi connectivity index (χ3v) is 3.88. The van der Waals surface area contributed by atoms with E-state index in [2.05, 4.69) is 20.1 Å². The van der Waals surface area contributed by atoms with Crippen molar-refractivity contribution in [2.24, 2.45) is 7.05 Å². The van der Waals surface area contributed by atoms with Gasteiger partial charge in [-0.2, -0.15) is 0 Å². The quantitative estimate of drug-likeness (QED) is 0.854. The summed E-state index contributed by atoms with van der Waals surface area (Å²) in [5.74, 6) is 1.74. The molecule has 3 heterocycles. The van der Waals surface area contributed by atoms with Gasteiger partial charge in [0.15, 0.2) is 0 Å². The molecule has 0 aromatic carbocycles. The molecule has 0 amide bonds. The lowest BCUT2D eigenvalue weighted by Crippen LogP contribution is -2.38. The van der Waals surface area contributed by atoms with Crippen LogP contribution in [0.15, 0.2) is 24.7 Å². The Morgan fingerprint density at radius 1 is 1.29 bits per heavy atom. The molecule has 1 aliphatic rings. The van der Waals surface area contributed by atoms with Crippen LogP contribution in [0.5, 0.6) is 5.88 Å². The molecule has 0 aliphatic carbocycles. The number of ether oxygens (including phenoxy) is 1. The monoisotopic (exact) mass is 287 g/mol. The van der Waals surface area contributed by atoms with Gasteiger partial charge in [-0.15, -0.1) is 10.2 Å². The zero-order valence-electron chi connectivity index (χ0n) is 12.6. The molecule has 0 spiro atoms. The van der Waals surface area contributed by atoms with E-state index in [1.54, 1.807) is 6.33 Å². The second kappa shape index (κ2) is 6.22. The lowest BCUT2D eigenvalue weighted by molar-refractivity contribution is 0.0913. The van der Waals surface area contributed by atoms with Crippen LogP contribution in [0.1, 0.15) is 24.2 Å². The number of rotatable bonds is 4. The average molecular weight is 287 g/mol. The van der Waals surface area contributed by atoms with Crippen molar-refractivity contribution in [2.45, 2.75) is 32.4 Å². The molecule has 1 aliphatic heterocycles. The van der Waals surface area contributed by atoms with E-state index in [9.17, 15) is 0 Å². The number of aromatic nitrogens is 4. The van der Waals surface area contributed by atoms with Crippen LogP contribution in [-0.2, 0) is 13.6 Å². The molecule has 0 unspecified atom stereocenters. The second-order valence-corrected chi connectivity index (χ2v) is 5.63. The molecule has 2 aromatic rings. The maximum Gasteiger partial charge on any atom is 0.213 e. The molecule has 1 saturated heterocycles. The van der Waals surface area contributed by atoms with Gasteiger partial charge < -0.3 is 9.30 Å². The van der Waals surface area contributed by atoms with Crippen LogP contribution in [0.4, 0.5) is 0 Å². The molecule has 0 atom stereocenters. The minimum atomic E-state index is 0.260. The van der Waals surface area contributed by atoms with E-state index in [4.69, 9.17) is 4.74 Å². The number of pyridine rings is 1. The van der Waals surface area contributed by atoms with Crippen LogP contribution in [-0.4, -0.2) is 43.8 Å².